The van der Waals surface area contributed by atoms with Gasteiger partial charge in [0, 0.05) is 5.92 Å². The first-order chi connectivity index (χ1) is 13.9. The maximum absolute atomic E-state index is 13.1. The molecule has 1 saturated heterocycles. The number of alkyl halides is 3. The number of thioether (sulfide) groups is 1. The lowest BCUT2D eigenvalue weighted by molar-refractivity contribution is -0.141. The molecule has 2 fully saturated rings. The number of carbonyl (C=O) groups is 1. The molecule has 1 aliphatic carbocycles. The van der Waals surface area contributed by atoms with E-state index >= 15 is 0 Å². The van der Waals surface area contributed by atoms with Crippen LogP contribution in [0.5, 0.6) is 11.8 Å². The number of amidine groups is 1. The number of amides is 1. The Bertz CT molecular complexity index is 988. The molecule has 7 nitrogen and oxygen atoms in total. The number of halogens is 3. The number of aromatic nitrogens is 2. The molecule has 0 unspecified atom stereocenters. The van der Waals surface area contributed by atoms with Crippen LogP contribution in [0.4, 0.5) is 13.2 Å². The highest BCUT2D eigenvalue weighted by atomic mass is 32.2. The lowest BCUT2D eigenvalue weighted by Crippen LogP contribution is -2.19. The topological polar surface area (TPSA) is 88.8 Å². The Labute approximate surface area is 167 Å². The summed E-state index contributed by atoms with van der Waals surface area (Å²) in [4.78, 5) is 18.7. The van der Waals surface area contributed by atoms with Gasteiger partial charge in [-0.15, -0.1) is 5.10 Å². The van der Waals surface area contributed by atoms with Crippen molar-refractivity contribution in [1.29, 1.82) is 0 Å². The van der Waals surface area contributed by atoms with E-state index in [0.29, 0.717) is 27.9 Å². The maximum atomic E-state index is 13.1. The molecule has 1 amide bonds. The number of hydrogen-bond acceptors (Lipinski definition) is 7. The lowest BCUT2D eigenvalue weighted by atomic mass is 10.2. The van der Waals surface area contributed by atoms with Gasteiger partial charge in [0.25, 0.3) is 0 Å². The molecule has 11 heteroatoms. The monoisotopic (exact) mass is 421 g/mol. The number of carbonyl (C=O) groups excluding carboxylic acids is 1. The predicted molar refractivity (Wildman–Crippen MR) is 101 cm³/mol. The van der Waals surface area contributed by atoms with Crippen molar-refractivity contribution >= 4 is 29.1 Å². The van der Waals surface area contributed by atoms with E-state index in [2.05, 4.69) is 25.5 Å². The van der Waals surface area contributed by atoms with Gasteiger partial charge >= 0.3 is 12.2 Å². The summed E-state index contributed by atoms with van der Waals surface area (Å²) in [5, 5.41) is 10.8. The van der Waals surface area contributed by atoms with Crippen LogP contribution in [-0.4, -0.2) is 33.0 Å². The van der Waals surface area contributed by atoms with Crippen LogP contribution in [0.1, 0.15) is 35.7 Å². The molecule has 4 rings (SSSR count). The van der Waals surface area contributed by atoms with Crippen molar-refractivity contribution in [3.05, 3.63) is 47.3 Å². The summed E-state index contributed by atoms with van der Waals surface area (Å²) >= 11 is 1.26. The highest BCUT2D eigenvalue weighted by molar-refractivity contribution is 8.15. The summed E-state index contributed by atoms with van der Waals surface area (Å²) in [6, 6.07) is 7.12. The number of rotatable bonds is 5. The van der Waals surface area contributed by atoms with Gasteiger partial charge in [-0.2, -0.15) is 28.2 Å². The molecule has 1 aliphatic heterocycles. The van der Waals surface area contributed by atoms with Gasteiger partial charge in [0.1, 0.15) is 5.75 Å². The van der Waals surface area contributed by atoms with E-state index in [9.17, 15) is 18.0 Å². The van der Waals surface area contributed by atoms with Gasteiger partial charge in [0.05, 0.1) is 17.7 Å². The maximum Gasteiger partial charge on any atom is 0.433 e. The molecule has 29 heavy (non-hydrogen) atoms. The van der Waals surface area contributed by atoms with E-state index in [-0.39, 0.29) is 17.8 Å². The second-order valence-corrected chi connectivity index (χ2v) is 7.35. The fourth-order valence-electron chi connectivity index (χ4n) is 2.48. The minimum Gasteiger partial charge on any atom is -0.424 e. The van der Waals surface area contributed by atoms with Crippen molar-refractivity contribution < 1.29 is 22.7 Å². The van der Waals surface area contributed by atoms with Gasteiger partial charge in [-0.25, -0.2) is 0 Å². The lowest BCUT2D eigenvalue weighted by Gasteiger charge is -2.10. The van der Waals surface area contributed by atoms with Crippen molar-refractivity contribution in [2.75, 3.05) is 5.75 Å². The molecule has 0 atom stereocenters. The van der Waals surface area contributed by atoms with Crippen LogP contribution in [0, 0.1) is 0 Å². The van der Waals surface area contributed by atoms with Crippen LogP contribution in [0.25, 0.3) is 0 Å². The fraction of sp³-hybridized carbons (Fsp3) is 0.278. The standard InChI is InChI=1S/C18H14F3N5O2S/c19-18(20,21)14-7-13(11-3-4-11)23-16(24-14)28-12-5-1-10(2-6-12)8-22-26-17-25-15(27)9-29-17/h1-2,5-8,11H,3-4,9H2,(H,25,26,27). The molecule has 0 radical (unpaired) electrons. The minimum atomic E-state index is -4.57. The van der Waals surface area contributed by atoms with Crippen LogP contribution >= 0.6 is 11.8 Å². The number of benzene rings is 1. The van der Waals surface area contributed by atoms with Gasteiger partial charge in [0.15, 0.2) is 10.9 Å². The van der Waals surface area contributed by atoms with Crippen LogP contribution < -0.4 is 10.1 Å². The second-order valence-electron chi connectivity index (χ2n) is 6.39. The number of hydrogen-bond donors (Lipinski definition) is 1. The molecule has 1 aromatic heterocycles. The molecular weight excluding hydrogens is 407 g/mol. The van der Waals surface area contributed by atoms with Crippen LogP contribution in [-0.2, 0) is 11.0 Å². The van der Waals surface area contributed by atoms with Gasteiger partial charge in [-0.3, -0.25) is 4.79 Å². The molecule has 2 heterocycles. The smallest absolute Gasteiger partial charge is 0.424 e. The van der Waals surface area contributed by atoms with Crippen molar-refractivity contribution in [2.24, 2.45) is 10.2 Å². The van der Waals surface area contributed by atoms with E-state index < -0.39 is 11.9 Å². The van der Waals surface area contributed by atoms with E-state index in [4.69, 9.17) is 4.74 Å². The summed E-state index contributed by atoms with van der Waals surface area (Å²) in [7, 11) is 0. The van der Waals surface area contributed by atoms with Crippen LogP contribution in [0.15, 0.2) is 40.5 Å². The van der Waals surface area contributed by atoms with Crippen molar-refractivity contribution in [1.82, 2.24) is 15.3 Å². The Morgan fingerprint density at radius 1 is 1.21 bits per heavy atom. The molecule has 1 N–H and O–H groups in total. The third kappa shape index (κ3) is 5.11. The van der Waals surface area contributed by atoms with Crippen LogP contribution in [0.3, 0.4) is 0 Å². The van der Waals surface area contributed by atoms with Gasteiger partial charge in [0.2, 0.25) is 5.91 Å². The van der Waals surface area contributed by atoms with E-state index in [1.165, 1.54) is 18.0 Å². The zero-order valence-corrected chi connectivity index (χ0v) is 15.6. The zero-order valence-electron chi connectivity index (χ0n) is 14.8. The first-order valence-corrected chi connectivity index (χ1v) is 9.63. The Morgan fingerprint density at radius 3 is 2.59 bits per heavy atom. The van der Waals surface area contributed by atoms with E-state index in [1.54, 1.807) is 24.3 Å². The van der Waals surface area contributed by atoms with Gasteiger partial charge in [-0.05, 0) is 48.7 Å². The molecule has 0 spiro atoms. The zero-order chi connectivity index (χ0) is 20.4. The number of ether oxygens (including phenoxy) is 1. The minimum absolute atomic E-state index is 0.0319. The Morgan fingerprint density at radius 2 is 1.97 bits per heavy atom. The normalized spacial score (nSPS) is 18.4. The third-order valence-corrected chi connectivity index (χ3v) is 4.91. The first-order valence-electron chi connectivity index (χ1n) is 8.64. The second kappa shape index (κ2) is 7.82. The van der Waals surface area contributed by atoms with Gasteiger partial charge < -0.3 is 10.1 Å². The average molecular weight is 421 g/mol. The highest BCUT2D eigenvalue weighted by Gasteiger charge is 2.36. The fourth-order valence-corrected chi connectivity index (χ4v) is 3.11. The molecule has 1 aromatic carbocycles. The quantitative estimate of drug-likeness (QED) is 0.587. The first kappa shape index (κ1) is 19.4. The summed E-state index contributed by atoms with van der Waals surface area (Å²) in [5.74, 6) is 0.533. The van der Waals surface area contributed by atoms with Crippen LogP contribution in [0.2, 0.25) is 0 Å². The molecule has 150 valence electrons. The Hall–Kier alpha value is -2.95. The molecule has 2 aromatic rings. The molecule has 0 bridgehead atoms. The summed E-state index contributed by atoms with van der Waals surface area (Å²) in [6.07, 6.45) is -1.46. The van der Waals surface area contributed by atoms with E-state index in [0.717, 1.165) is 18.9 Å². The van der Waals surface area contributed by atoms with Crippen molar-refractivity contribution in [2.45, 2.75) is 24.9 Å². The SMILES string of the molecule is O=C1CSC(=NN=Cc2ccc(Oc3nc(C4CC4)cc(C(F)(F)F)n3)cc2)N1. The largest absolute Gasteiger partial charge is 0.433 e. The van der Waals surface area contributed by atoms with Crippen molar-refractivity contribution in [3.63, 3.8) is 0 Å². The third-order valence-electron chi connectivity index (χ3n) is 4.04. The summed E-state index contributed by atoms with van der Waals surface area (Å²) in [6.45, 7) is 0. The Balaban J connectivity index is 1.46. The molecule has 1 saturated carbocycles. The van der Waals surface area contributed by atoms with Gasteiger partial charge in [-0.1, -0.05) is 11.8 Å². The highest BCUT2D eigenvalue weighted by Crippen LogP contribution is 2.41. The molecule has 2 aliphatic rings. The Kier molecular flexibility index (Phi) is 5.22. The summed E-state index contributed by atoms with van der Waals surface area (Å²) < 4.78 is 44.7. The number of nitrogens with one attached hydrogen (secondary N) is 1. The average Bonchev–Trinajstić information content (AvgIpc) is 3.45. The predicted octanol–water partition coefficient (Wildman–Crippen LogP) is 3.72. The van der Waals surface area contributed by atoms with Crippen molar-refractivity contribution in [3.8, 4) is 11.8 Å². The van der Waals surface area contributed by atoms with E-state index in [1.807, 2.05) is 0 Å². The number of nitrogens with zero attached hydrogens (tertiary/aromatic N) is 4. The molecular formula is C18H14F3N5O2S. The summed E-state index contributed by atoms with van der Waals surface area (Å²) in [5.41, 5.74) is 0.0332.